The van der Waals surface area contributed by atoms with Crippen molar-refractivity contribution >= 4 is 0 Å². The first-order valence-corrected chi connectivity index (χ1v) is 10.7. The molecule has 2 bridgehead atoms. The van der Waals surface area contributed by atoms with Gasteiger partial charge < -0.3 is 0 Å². The van der Waals surface area contributed by atoms with Gasteiger partial charge in [0.15, 0.2) is 0 Å². The lowest BCUT2D eigenvalue weighted by molar-refractivity contribution is -0.323. The lowest BCUT2D eigenvalue weighted by Crippen LogP contribution is -2.72. The summed E-state index contributed by atoms with van der Waals surface area (Å²) in [7, 11) is 0. The molecule has 0 aromatic heterocycles. The molecule has 0 atom stereocenters. The quantitative estimate of drug-likeness (QED) is 0.461. The molecule has 0 heterocycles. The zero-order chi connectivity index (χ0) is 20.9. The van der Waals surface area contributed by atoms with E-state index in [2.05, 4.69) is 6.92 Å². The molecule has 0 radical (unpaired) electrons. The summed E-state index contributed by atoms with van der Waals surface area (Å²) in [5, 5.41) is 0. The molecule has 0 unspecified atom stereocenters. The van der Waals surface area contributed by atoms with Crippen LogP contribution in [0.2, 0.25) is 0 Å². The van der Waals surface area contributed by atoms with E-state index in [9.17, 15) is 0 Å². The predicted molar refractivity (Wildman–Crippen MR) is 108 cm³/mol. The van der Waals surface area contributed by atoms with Gasteiger partial charge in [0.25, 0.3) is 0 Å². The van der Waals surface area contributed by atoms with E-state index in [0.29, 0.717) is 11.1 Å². The zero-order valence-corrected chi connectivity index (χ0v) is 17.1. The second kappa shape index (κ2) is 6.85. The largest absolute Gasteiger partial charge is 0.320 e. The predicted octanol–water partition coefficient (Wildman–Crippen LogP) is 7.24. The number of rotatable bonds is 5. The lowest BCUT2D eigenvalue weighted by atomic mass is 9.46. The van der Waals surface area contributed by atoms with Crippen LogP contribution in [0.15, 0.2) is 48.5 Å². The van der Waals surface area contributed by atoms with Gasteiger partial charge in [0.1, 0.15) is 0 Å². The Kier molecular flexibility index (Phi) is 4.83. The SMILES string of the molecule is CCCc1ccc(C23CCC(c4ccc(CC)cc4)(CC2)C(F)(F)C3(F)F)cc1. The van der Waals surface area contributed by atoms with Crippen LogP contribution in [0.3, 0.4) is 0 Å². The Bertz CT molecular complexity index is 857. The molecule has 0 saturated heterocycles. The molecule has 2 aromatic carbocycles. The van der Waals surface area contributed by atoms with Crippen molar-refractivity contribution in [3.05, 3.63) is 70.8 Å². The highest BCUT2D eigenvalue weighted by molar-refractivity contribution is 5.43. The Labute approximate surface area is 170 Å². The Morgan fingerprint density at radius 1 is 0.621 bits per heavy atom. The molecule has 5 rings (SSSR count). The van der Waals surface area contributed by atoms with Gasteiger partial charge in [0, 0.05) is 0 Å². The fraction of sp³-hybridized carbons (Fsp3) is 0.520. The molecule has 3 saturated carbocycles. The molecular weight excluding hydrogens is 376 g/mol. The monoisotopic (exact) mass is 404 g/mol. The highest BCUT2D eigenvalue weighted by Gasteiger charge is 2.81. The highest BCUT2D eigenvalue weighted by atomic mass is 19.3. The van der Waals surface area contributed by atoms with Crippen molar-refractivity contribution in [2.24, 2.45) is 0 Å². The maximum atomic E-state index is 15.6. The summed E-state index contributed by atoms with van der Waals surface area (Å²) in [6, 6.07) is 13.8. The number of hydrogen-bond acceptors (Lipinski definition) is 0. The molecule has 0 nitrogen and oxygen atoms in total. The van der Waals surface area contributed by atoms with E-state index in [1.54, 1.807) is 36.4 Å². The Hall–Kier alpha value is -1.84. The standard InChI is InChI=1S/C25H28F4/c1-3-5-19-8-12-21(13-9-19)23-16-14-22(15-17-23,24(26,27)25(23,28)29)20-10-6-18(4-2)7-11-20/h6-13H,3-5,14-17H2,1-2H3. The van der Waals surface area contributed by atoms with Gasteiger partial charge in [-0.2, -0.15) is 17.6 Å². The van der Waals surface area contributed by atoms with Crippen molar-refractivity contribution in [2.45, 2.75) is 81.5 Å². The summed E-state index contributed by atoms with van der Waals surface area (Å²) in [6.45, 7) is 4.04. The van der Waals surface area contributed by atoms with Crippen LogP contribution in [0.25, 0.3) is 0 Å². The second-order valence-electron chi connectivity index (χ2n) is 8.81. The van der Waals surface area contributed by atoms with Gasteiger partial charge in [0.05, 0.1) is 10.8 Å². The molecule has 0 spiro atoms. The van der Waals surface area contributed by atoms with E-state index in [1.807, 2.05) is 19.1 Å². The molecule has 3 fully saturated rings. The van der Waals surface area contributed by atoms with Gasteiger partial charge in [-0.1, -0.05) is 68.8 Å². The van der Waals surface area contributed by atoms with Crippen molar-refractivity contribution in [3.63, 3.8) is 0 Å². The molecule has 156 valence electrons. The minimum Gasteiger partial charge on any atom is -0.199 e. The number of aryl methyl sites for hydroxylation is 2. The van der Waals surface area contributed by atoms with E-state index in [1.165, 1.54) is 0 Å². The van der Waals surface area contributed by atoms with Crippen LogP contribution in [-0.4, -0.2) is 11.8 Å². The minimum absolute atomic E-state index is 0.0811. The van der Waals surface area contributed by atoms with Gasteiger partial charge in [0.2, 0.25) is 0 Å². The van der Waals surface area contributed by atoms with Gasteiger partial charge in [-0.3, -0.25) is 0 Å². The van der Waals surface area contributed by atoms with Crippen LogP contribution < -0.4 is 0 Å². The molecule has 0 amide bonds. The average molecular weight is 404 g/mol. The smallest absolute Gasteiger partial charge is 0.199 e. The molecule has 2 aromatic rings. The number of halogens is 4. The van der Waals surface area contributed by atoms with Crippen molar-refractivity contribution in [3.8, 4) is 0 Å². The van der Waals surface area contributed by atoms with Crippen LogP contribution in [0.5, 0.6) is 0 Å². The van der Waals surface area contributed by atoms with Crippen LogP contribution in [0, 0.1) is 0 Å². The summed E-state index contributed by atoms with van der Waals surface area (Å²) in [5.74, 6) is -8.18. The third-order valence-electron chi connectivity index (χ3n) is 7.51. The summed E-state index contributed by atoms with van der Waals surface area (Å²) >= 11 is 0. The van der Waals surface area contributed by atoms with E-state index < -0.39 is 22.7 Å². The normalized spacial score (nSPS) is 29.7. The van der Waals surface area contributed by atoms with Crippen molar-refractivity contribution in [1.29, 1.82) is 0 Å². The summed E-state index contributed by atoms with van der Waals surface area (Å²) in [6.07, 6.45) is 2.93. The first-order valence-electron chi connectivity index (χ1n) is 10.7. The van der Waals surface area contributed by atoms with Crippen molar-refractivity contribution < 1.29 is 17.6 Å². The molecule has 3 aliphatic rings. The first-order chi connectivity index (χ1) is 13.7. The van der Waals surface area contributed by atoms with Crippen molar-refractivity contribution in [2.75, 3.05) is 0 Å². The molecule has 4 heteroatoms. The number of alkyl halides is 4. The van der Waals surface area contributed by atoms with Crippen LogP contribution in [0.1, 0.15) is 68.2 Å². The molecule has 29 heavy (non-hydrogen) atoms. The van der Waals surface area contributed by atoms with Gasteiger partial charge in [-0.25, -0.2) is 0 Å². The first kappa shape index (κ1) is 20.4. The third-order valence-corrected chi connectivity index (χ3v) is 7.51. The Balaban J connectivity index is 1.76. The topological polar surface area (TPSA) is 0 Å². The summed E-state index contributed by atoms with van der Waals surface area (Å²) in [5.41, 5.74) is -0.783. The Morgan fingerprint density at radius 3 is 1.34 bits per heavy atom. The molecule has 0 aliphatic heterocycles. The Morgan fingerprint density at radius 2 is 1.00 bits per heavy atom. The van der Waals surface area contributed by atoms with E-state index >= 15 is 17.6 Å². The molecule has 0 N–H and O–H groups in total. The zero-order valence-electron chi connectivity index (χ0n) is 17.1. The van der Waals surface area contributed by atoms with Crippen LogP contribution >= 0.6 is 0 Å². The summed E-state index contributed by atoms with van der Waals surface area (Å²) < 4.78 is 62.3. The van der Waals surface area contributed by atoms with Gasteiger partial charge in [-0.15, -0.1) is 0 Å². The fourth-order valence-electron chi connectivity index (χ4n) is 5.61. The van der Waals surface area contributed by atoms with E-state index in [4.69, 9.17) is 0 Å². The number of fused-ring (bicyclic) bond motifs is 3. The second-order valence-corrected chi connectivity index (χ2v) is 8.81. The number of hydrogen-bond donors (Lipinski definition) is 0. The maximum Gasteiger partial charge on any atom is 0.320 e. The van der Waals surface area contributed by atoms with E-state index in [0.717, 1.165) is 30.4 Å². The summed E-state index contributed by atoms with van der Waals surface area (Å²) in [4.78, 5) is 0. The van der Waals surface area contributed by atoms with E-state index in [-0.39, 0.29) is 25.7 Å². The third kappa shape index (κ3) is 2.63. The van der Waals surface area contributed by atoms with Crippen molar-refractivity contribution in [1.82, 2.24) is 0 Å². The van der Waals surface area contributed by atoms with Crippen LogP contribution in [-0.2, 0) is 23.7 Å². The maximum absolute atomic E-state index is 15.6. The highest BCUT2D eigenvalue weighted by Crippen LogP contribution is 2.70. The average Bonchev–Trinajstić information content (AvgIpc) is 2.73. The van der Waals surface area contributed by atoms with Gasteiger partial charge in [-0.05, 0) is 60.8 Å². The minimum atomic E-state index is -4.09. The number of benzene rings is 2. The van der Waals surface area contributed by atoms with Crippen LogP contribution in [0.4, 0.5) is 17.6 Å². The van der Waals surface area contributed by atoms with Gasteiger partial charge >= 0.3 is 11.8 Å². The lowest BCUT2D eigenvalue weighted by Gasteiger charge is -2.61. The molecule has 3 aliphatic carbocycles. The molecular formula is C25H28F4. The fourth-order valence-corrected chi connectivity index (χ4v) is 5.61.